The molecule has 0 bridgehead atoms. The van der Waals surface area contributed by atoms with Gasteiger partial charge in [-0.15, -0.1) is 0 Å². The fourth-order valence-corrected chi connectivity index (χ4v) is 2.33. The Balaban J connectivity index is 1.82. The van der Waals surface area contributed by atoms with Crippen LogP contribution in [0.15, 0.2) is 65.5 Å². The molecule has 0 saturated heterocycles. The van der Waals surface area contributed by atoms with Crippen LogP contribution in [0, 0.1) is 0 Å². The number of nitrogens with zero attached hydrogens (tertiary/aromatic N) is 1. The average molecular weight is 336 g/mol. The summed E-state index contributed by atoms with van der Waals surface area (Å²) in [5.74, 6) is 0.563. The Labute approximate surface area is 143 Å². The smallest absolute Gasteiger partial charge is 0.323 e. The quantitative estimate of drug-likeness (QED) is 0.682. The molecule has 0 aliphatic rings. The number of hydrogen-bond donors (Lipinski definition) is 3. The van der Waals surface area contributed by atoms with Crippen molar-refractivity contribution in [2.45, 2.75) is 0 Å². The Kier molecular flexibility index (Phi) is 4.75. The first-order valence-corrected chi connectivity index (χ1v) is 7.53. The molecule has 3 N–H and O–H groups in total. The molecule has 0 aliphatic carbocycles. The maximum Gasteiger partial charge on any atom is 0.323 e. The van der Waals surface area contributed by atoms with Crippen LogP contribution in [-0.4, -0.2) is 23.3 Å². The van der Waals surface area contributed by atoms with Crippen LogP contribution in [-0.2, 0) is 0 Å². The van der Waals surface area contributed by atoms with Crippen LogP contribution in [0.4, 0.5) is 16.2 Å². The van der Waals surface area contributed by atoms with Gasteiger partial charge < -0.3 is 15.4 Å². The van der Waals surface area contributed by atoms with E-state index in [4.69, 9.17) is 4.74 Å². The van der Waals surface area contributed by atoms with Gasteiger partial charge in [-0.1, -0.05) is 30.3 Å². The summed E-state index contributed by atoms with van der Waals surface area (Å²) in [5, 5.41) is 11.9. The molecule has 0 saturated carbocycles. The van der Waals surface area contributed by atoms with Crippen molar-refractivity contribution in [3.63, 3.8) is 0 Å². The van der Waals surface area contributed by atoms with Crippen LogP contribution in [0.3, 0.4) is 0 Å². The number of nitrogens with one attached hydrogen (secondary N) is 3. The molecule has 0 atom stereocenters. The zero-order valence-corrected chi connectivity index (χ0v) is 13.4. The number of methoxy groups -OCH3 is 1. The summed E-state index contributed by atoms with van der Waals surface area (Å²) < 4.78 is 5.21. The van der Waals surface area contributed by atoms with Crippen molar-refractivity contribution >= 4 is 17.4 Å². The average Bonchev–Trinajstić information content (AvgIpc) is 2.63. The number of benzene rings is 2. The van der Waals surface area contributed by atoms with Crippen molar-refractivity contribution < 1.29 is 9.53 Å². The first kappa shape index (κ1) is 16.3. The van der Waals surface area contributed by atoms with Crippen molar-refractivity contribution in [1.29, 1.82) is 0 Å². The van der Waals surface area contributed by atoms with E-state index >= 15 is 0 Å². The van der Waals surface area contributed by atoms with E-state index < -0.39 is 6.03 Å². The van der Waals surface area contributed by atoms with E-state index in [1.165, 1.54) is 13.2 Å². The van der Waals surface area contributed by atoms with Crippen LogP contribution < -0.4 is 20.9 Å². The molecule has 2 aromatic carbocycles. The highest BCUT2D eigenvalue weighted by Crippen LogP contribution is 2.26. The molecule has 2 amide bonds. The molecule has 0 spiro atoms. The van der Waals surface area contributed by atoms with Gasteiger partial charge in [0.05, 0.1) is 24.2 Å². The largest absolute Gasteiger partial charge is 0.495 e. The second-order valence-corrected chi connectivity index (χ2v) is 5.13. The maximum atomic E-state index is 12.3. The molecular formula is C18H16N4O3. The van der Waals surface area contributed by atoms with Gasteiger partial charge in [-0.3, -0.25) is 4.79 Å². The standard InChI is InChI=1S/C18H16N4O3/c1-25-16-9-5-4-8-15(16)20-18(24)19-13-7-3-2-6-12(13)14-10-11-17(23)22-21-14/h2-11H,1H3,(H,22,23)(H2,19,20,24). The van der Waals surface area contributed by atoms with E-state index in [-0.39, 0.29) is 5.56 Å². The Hall–Kier alpha value is -3.61. The Morgan fingerprint density at radius 3 is 2.36 bits per heavy atom. The van der Waals surface area contributed by atoms with Crippen LogP contribution in [0.2, 0.25) is 0 Å². The van der Waals surface area contributed by atoms with Gasteiger partial charge in [-0.05, 0) is 24.3 Å². The van der Waals surface area contributed by atoms with Gasteiger partial charge in [0, 0.05) is 11.6 Å². The highest BCUT2D eigenvalue weighted by molar-refractivity contribution is 6.02. The van der Waals surface area contributed by atoms with Gasteiger partial charge in [-0.25, -0.2) is 9.89 Å². The minimum Gasteiger partial charge on any atom is -0.495 e. The summed E-state index contributed by atoms with van der Waals surface area (Å²) >= 11 is 0. The van der Waals surface area contributed by atoms with Crippen molar-refractivity contribution in [2.24, 2.45) is 0 Å². The van der Waals surface area contributed by atoms with Crippen molar-refractivity contribution in [2.75, 3.05) is 17.7 Å². The second-order valence-electron chi connectivity index (χ2n) is 5.13. The molecule has 25 heavy (non-hydrogen) atoms. The minimum absolute atomic E-state index is 0.289. The zero-order chi connectivity index (χ0) is 17.6. The maximum absolute atomic E-state index is 12.3. The van der Waals surface area contributed by atoms with Crippen molar-refractivity contribution in [1.82, 2.24) is 10.2 Å². The number of H-pyrrole nitrogens is 1. The summed E-state index contributed by atoms with van der Waals surface area (Å²) in [6.07, 6.45) is 0. The number of anilines is 2. The third kappa shape index (κ3) is 3.84. The summed E-state index contributed by atoms with van der Waals surface area (Å²) in [4.78, 5) is 23.5. The molecule has 126 valence electrons. The Morgan fingerprint density at radius 2 is 1.64 bits per heavy atom. The lowest BCUT2D eigenvalue weighted by Gasteiger charge is -2.13. The first-order valence-electron chi connectivity index (χ1n) is 7.53. The van der Waals surface area contributed by atoms with E-state index in [2.05, 4.69) is 20.8 Å². The number of para-hydroxylation sites is 3. The molecule has 1 aromatic heterocycles. The first-order chi connectivity index (χ1) is 12.2. The molecule has 7 nitrogen and oxygen atoms in total. The molecule has 7 heteroatoms. The number of ether oxygens (including phenoxy) is 1. The van der Waals surface area contributed by atoms with Crippen LogP contribution >= 0.6 is 0 Å². The van der Waals surface area contributed by atoms with Crippen molar-refractivity contribution in [3.05, 3.63) is 71.0 Å². The normalized spacial score (nSPS) is 10.1. The van der Waals surface area contributed by atoms with E-state index in [1.54, 1.807) is 42.5 Å². The monoisotopic (exact) mass is 336 g/mol. The van der Waals surface area contributed by atoms with E-state index in [0.29, 0.717) is 28.4 Å². The van der Waals surface area contributed by atoms with E-state index in [1.807, 2.05) is 12.1 Å². The number of urea groups is 1. The number of rotatable bonds is 4. The highest BCUT2D eigenvalue weighted by Gasteiger charge is 2.11. The van der Waals surface area contributed by atoms with Crippen LogP contribution in [0.1, 0.15) is 0 Å². The van der Waals surface area contributed by atoms with Crippen LogP contribution in [0.25, 0.3) is 11.3 Å². The lowest BCUT2D eigenvalue weighted by Crippen LogP contribution is -2.20. The molecule has 0 fully saturated rings. The number of carbonyl (C=O) groups excluding carboxylic acids is 1. The number of hydrogen-bond acceptors (Lipinski definition) is 4. The van der Waals surface area contributed by atoms with Gasteiger partial charge >= 0.3 is 6.03 Å². The number of aromatic amines is 1. The van der Waals surface area contributed by atoms with Gasteiger partial charge in [-0.2, -0.15) is 5.10 Å². The summed E-state index contributed by atoms with van der Waals surface area (Å²) in [6, 6.07) is 16.9. The van der Waals surface area contributed by atoms with E-state index in [9.17, 15) is 9.59 Å². The lowest BCUT2D eigenvalue weighted by atomic mass is 10.1. The van der Waals surface area contributed by atoms with Gasteiger partial charge in [0.2, 0.25) is 0 Å². The van der Waals surface area contributed by atoms with Crippen LogP contribution in [0.5, 0.6) is 5.75 Å². The fourth-order valence-electron chi connectivity index (χ4n) is 2.33. The molecule has 3 aromatic rings. The molecule has 1 heterocycles. The summed E-state index contributed by atoms with van der Waals surface area (Å²) in [5.41, 5.74) is 2.07. The van der Waals surface area contributed by atoms with E-state index in [0.717, 1.165) is 0 Å². The fraction of sp³-hybridized carbons (Fsp3) is 0.0556. The molecule has 0 unspecified atom stereocenters. The topological polar surface area (TPSA) is 96.1 Å². The minimum atomic E-state index is -0.415. The van der Waals surface area contributed by atoms with Gasteiger partial charge in [0.15, 0.2) is 0 Å². The van der Waals surface area contributed by atoms with Gasteiger partial charge in [0.1, 0.15) is 5.75 Å². The second kappa shape index (κ2) is 7.31. The summed E-state index contributed by atoms with van der Waals surface area (Å²) in [7, 11) is 1.54. The predicted molar refractivity (Wildman–Crippen MR) is 95.9 cm³/mol. The Morgan fingerprint density at radius 1 is 0.960 bits per heavy atom. The molecule has 0 radical (unpaired) electrons. The SMILES string of the molecule is COc1ccccc1NC(=O)Nc1ccccc1-c1ccc(=O)[nH]n1. The Bertz CT molecular complexity index is 932. The zero-order valence-electron chi connectivity index (χ0n) is 13.4. The highest BCUT2D eigenvalue weighted by atomic mass is 16.5. The molecule has 0 aliphatic heterocycles. The number of aromatic nitrogens is 2. The third-order valence-corrected chi connectivity index (χ3v) is 3.49. The van der Waals surface area contributed by atoms with Gasteiger partial charge in [0.25, 0.3) is 5.56 Å². The lowest BCUT2D eigenvalue weighted by molar-refractivity contribution is 0.262. The van der Waals surface area contributed by atoms with Crippen molar-refractivity contribution in [3.8, 4) is 17.0 Å². The molecule has 3 rings (SSSR count). The number of amides is 2. The molecular weight excluding hydrogens is 320 g/mol. The summed E-state index contributed by atoms with van der Waals surface area (Å²) in [6.45, 7) is 0. The third-order valence-electron chi connectivity index (χ3n) is 3.49. The predicted octanol–water partition coefficient (Wildman–Crippen LogP) is 3.09. The number of carbonyl (C=O) groups is 1.